The van der Waals surface area contributed by atoms with Gasteiger partial charge in [0.05, 0.1) is 5.69 Å². The largest absolute Gasteiger partial charge is 0.485 e. The lowest BCUT2D eigenvalue weighted by Gasteiger charge is -2.29. The van der Waals surface area contributed by atoms with Crippen molar-refractivity contribution in [2.24, 2.45) is 0 Å². The van der Waals surface area contributed by atoms with Crippen molar-refractivity contribution in [2.45, 2.75) is 13.8 Å². The first-order valence-corrected chi connectivity index (χ1v) is 9.04. The fourth-order valence-corrected chi connectivity index (χ4v) is 2.88. The van der Waals surface area contributed by atoms with E-state index in [0.717, 1.165) is 5.56 Å². The third kappa shape index (κ3) is 4.49. The lowest BCUT2D eigenvalue weighted by Crippen LogP contribution is -2.45. The highest BCUT2D eigenvalue weighted by atomic mass is 16.5. The SMILES string of the molecule is CCNC(=O)CN1C(=O)COc2ccc(C(=O)COc3cccc(C)c3)cc21. The van der Waals surface area contributed by atoms with E-state index < -0.39 is 0 Å². The Bertz CT molecular complexity index is 909. The van der Waals surface area contributed by atoms with Crippen LogP contribution in [-0.4, -0.2) is 43.9 Å². The number of ether oxygens (including phenoxy) is 2. The normalized spacial score (nSPS) is 12.8. The summed E-state index contributed by atoms with van der Waals surface area (Å²) in [6.07, 6.45) is 0. The summed E-state index contributed by atoms with van der Waals surface area (Å²) in [6, 6.07) is 12.3. The van der Waals surface area contributed by atoms with Crippen LogP contribution < -0.4 is 19.7 Å². The van der Waals surface area contributed by atoms with Crippen molar-refractivity contribution in [3.05, 3.63) is 53.6 Å². The van der Waals surface area contributed by atoms with Crippen LogP contribution in [0, 0.1) is 6.92 Å². The molecule has 1 heterocycles. The number of ketones is 1. The number of benzene rings is 2. The first kappa shape index (κ1) is 19.4. The fourth-order valence-electron chi connectivity index (χ4n) is 2.88. The van der Waals surface area contributed by atoms with Crippen LogP contribution in [0.4, 0.5) is 5.69 Å². The lowest BCUT2D eigenvalue weighted by molar-refractivity contribution is -0.125. The number of anilines is 1. The first-order chi connectivity index (χ1) is 13.5. The molecule has 0 fully saturated rings. The molecule has 1 aliphatic heterocycles. The number of rotatable bonds is 7. The van der Waals surface area contributed by atoms with Gasteiger partial charge < -0.3 is 14.8 Å². The second-order valence-corrected chi connectivity index (χ2v) is 6.43. The summed E-state index contributed by atoms with van der Waals surface area (Å²) in [6.45, 7) is 3.82. The maximum Gasteiger partial charge on any atom is 0.265 e. The number of Topliss-reactive ketones (excluding diaryl/α,β-unsaturated/α-hetero) is 1. The van der Waals surface area contributed by atoms with Gasteiger partial charge in [-0.25, -0.2) is 0 Å². The minimum absolute atomic E-state index is 0.125. The molecular formula is C21H22N2O5. The van der Waals surface area contributed by atoms with Crippen molar-refractivity contribution >= 4 is 23.3 Å². The van der Waals surface area contributed by atoms with E-state index in [0.29, 0.717) is 29.3 Å². The highest BCUT2D eigenvalue weighted by Gasteiger charge is 2.28. The Hall–Kier alpha value is -3.35. The molecule has 2 aromatic rings. The van der Waals surface area contributed by atoms with E-state index in [2.05, 4.69) is 5.32 Å². The predicted molar refractivity (Wildman–Crippen MR) is 104 cm³/mol. The van der Waals surface area contributed by atoms with Crippen LogP contribution in [0.2, 0.25) is 0 Å². The molecule has 1 aliphatic rings. The summed E-state index contributed by atoms with van der Waals surface area (Å²) in [5, 5.41) is 2.66. The zero-order valence-corrected chi connectivity index (χ0v) is 15.9. The Morgan fingerprint density at radius 2 is 2.04 bits per heavy atom. The van der Waals surface area contributed by atoms with Crippen LogP contribution in [0.1, 0.15) is 22.8 Å². The van der Waals surface area contributed by atoms with Crippen LogP contribution in [-0.2, 0) is 9.59 Å². The monoisotopic (exact) mass is 382 g/mol. The van der Waals surface area contributed by atoms with Crippen LogP contribution in [0.3, 0.4) is 0 Å². The summed E-state index contributed by atoms with van der Waals surface area (Å²) < 4.78 is 11.0. The molecule has 146 valence electrons. The molecular weight excluding hydrogens is 360 g/mol. The Labute approximate surface area is 163 Å². The van der Waals surface area contributed by atoms with Crippen molar-refractivity contribution in [3.63, 3.8) is 0 Å². The van der Waals surface area contributed by atoms with Gasteiger partial charge in [0.1, 0.15) is 18.0 Å². The number of carbonyl (C=O) groups is 3. The average Bonchev–Trinajstić information content (AvgIpc) is 2.68. The van der Waals surface area contributed by atoms with Crippen LogP contribution in [0.15, 0.2) is 42.5 Å². The maximum atomic E-state index is 12.6. The molecule has 0 aliphatic carbocycles. The van der Waals surface area contributed by atoms with Gasteiger partial charge >= 0.3 is 0 Å². The minimum Gasteiger partial charge on any atom is -0.485 e. The molecule has 3 rings (SSSR count). The second kappa shape index (κ2) is 8.56. The van der Waals surface area contributed by atoms with Gasteiger partial charge in [0.2, 0.25) is 5.91 Å². The quantitative estimate of drug-likeness (QED) is 0.742. The van der Waals surface area contributed by atoms with Crippen molar-refractivity contribution in [1.82, 2.24) is 5.32 Å². The average molecular weight is 382 g/mol. The summed E-state index contributed by atoms with van der Waals surface area (Å²) >= 11 is 0. The van der Waals surface area contributed by atoms with Gasteiger partial charge in [-0.2, -0.15) is 0 Å². The van der Waals surface area contributed by atoms with Gasteiger partial charge in [-0.1, -0.05) is 12.1 Å². The Kier molecular flexibility index (Phi) is 5.93. The highest BCUT2D eigenvalue weighted by molar-refractivity contribution is 6.04. The molecule has 7 nitrogen and oxygen atoms in total. The molecule has 0 saturated heterocycles. The van der Waals surface area contributed by atoms with E-state index in [-0.39, 0.29) is 37.4 Å². The van der Waals surface area contributed by atoms with E-state index in [4.69, 9.17) is 9.47 Å². The number of fused-ring (bicyclic) bond motifs is 1. The standard InChI is InChI=1S/C21H22N2O5/c1-3-22-20(25)11-23-17-10-15(7-8-19(17)28-13-21(23)26)18(24)12-27-16-6-4-5-14(2)9-16/h4-10H,3,11-13H2,1-2H3,(H,22,25). The van der Waals surface area contributed by atoms with Gasteiger partial charge in [0.25, 0.3) is 5.91 Å². The highest BCUT2D eigenvalue weighted by Crippen LogP contribution is 2.33. The van der Waals surface area contributed by atoms with Crippen LogP contribution >= 0.6 is 0 Å². The van der Waals surface area contributed by atoms with Gasteiger partial charge in [0, 0.05) is 12.1 Å². The third-order valence-corrected chi connectivity index (χ3v) is 4.26. The molecule has 1 N–H and O–H groups in total. The van der Waals surface area contributed by atoms with E-state index in [9.17, 15) is 14.4 Å². The number of nitrogens with zero attached hydrogens (tertiary/aromatic N) is 1. The summed E-state index contributed by atoms with van der Waals surface area (Å²) in [5.41, 5.74) is 1.82. The minimum atomic E-state index is -0.334. The maximum absolute atomic E-state index is 12.6. The topological polar surface area (TPSA) is 84.9 Å². The number of aryl methyl sites for hydroxylation is 1. The molecule has 0 atom stereocenters. The smallest absolute Gasteiger partial charge is 0.265 e. The van der Waals surface area contributed by atoms with Crippen molar-refractivity contribution in [2.75, 3.05) is 31.2 Å². The second-order valence-electron chi connectivity index (χ2n) is 6.43. The number of hydrogen-bond donors (Lipinski definition) is 1. The van der Waals surface area contributed by atoms with Crippen LogP contribution in [0.5, 0.6) is 11.5 Å². The number of carbonyl (C=O) groups excluding carboxylic acids is 3. The van der Waals surface area contributed by atoms with Crippen molar-refractivity contribution in [3.8, 4) is 11.5 Å². The number of nitrogens with one attached hydrogen (secondary N) is 1. The Morgan fingerprint density at radius 3 is 2.79 bits per heavy atom. The van der Waals surface area contributed by atoms with Gasteiger partial charge in [-0.3, -0.25) is 19.3 Å². The number of amides is 2. The Morgan fingerprint density at radius 1 is 1.21 bits per heavy atom. The molecule has 0 saturated carbocycles. The molecule has 0 spiro atoms. The van der Waals surface area contributed by atoms with Crippen molar-refractivity contribution < 1.29 is 23.9 Å². The Balaban J connectivity index is 1.76. The van der Waals surface area contributed by atoms with Crippen LogP contribution in [0.25, 0.3) is 0 Å². The molecule has 0 unspecified atom stereocenters. The molecule has 0 radical (unpaired) electrons. The molecule has 2 amide bonds. The molecule has 2 aromatic carbocycles. The summed E-state index contributed by atoms with van der Waals surface area (Å²) in [4.78, 5) is 38.1. The van der Waals surface area contributed by atoms with E-state index in [1.165, 1.54) is 4.90 Å². The lowest BCUT2D eigenvalue weighted by atomic mass is 10.1. The van der Waals surface area contributed by atoms with Gasteiger partial charge in [-0.05, 0) is 49.7 Å². The molecule has 0 aromatic heterocycles. The molecule has 7 heteroatoms. The number of hydrogen-bond acceptors (Lipinski definition) is 5. The van der Waals surface area contributed by atoms with E-state index >= 15 is 0 Å². The fraction of sp³-hybridized carbons (Fsp3) is 0.286. The zero-order chi connectivity index (χ0) is 20.1. The van der Waals surface area contributed by atoms with Gasteiger partial charge in [-0.15, -0.1) is 0 Å². The summed E-state index contributed by atoms with van der Waals surface area (Å²) in [5.74, 6) is 0.227. The predicted octanol–water partition coefficient (Wildman–Crippen LogP) is 2.12. The van der Waals surface area contributed by atoms with E-state index in [1.807, 2.05) is 25.1 Å². The molecule has 28 heavy (non-hydrogen) atoms. The number of likely N-dealkylation sites (N-methyl/N-ethyl adjacent to an activating group) is 1. The summed E-state index contributed by atoms with van der Waals surface area (Å²) in [7, 11) is 0. The first-order valence-electron chi connectivity index (χ1n) is 9.04. The van der Waals surface area contributed by atoms with Gasteiger partial charge in [0.15, 0.2) is 19.0 Å². The zero-order valence-electron chi connectivity index (χ0n) is 15.9. The van der Waals surface area contributed by atoms with E-state index in [1.54, 1.807) is 31.2 Å². The van der Waals surface area contributed by atoms with Crippen molar-refractivity contribution in [1.29, 1.82) is 0 Å². The third-order valence-electron chi connectivity index (χ3n) is 4.26. The molecule has 0 bridgehead atoms.